The van der Waals surface area contributed by atoms with Gasteiger partial charge in [0.2, 0.25) is 0 Å². The molecule has 190 valence electrons. The summed E-state index contributed by atoms with van der Waals surface area (Å²) in [5, 5.41) is 11.5. The number of ketones is 1. The minimum absolute atomic E-state index is 0.0325. The van der Waals surface area contributed by atoms with E-state index in [-0.39, 0.29) is 11.3 Å². The van der Waals surface area contributed by atoms with Gasteiger partial charge in [-0.1, -0.05) is 19.1 Å². The quantitative estimate of drug-likeness (QED) is 0.265. The molecule has 0 aliphatic carbocycles. The summed E-state index contributed by atoms with van der Waals surface area (Å²) in [7, 11) is 1.56. The van der Waals surface area contributed by atoms with Gasteiger partial charge in [0, 0.05) is 11.3 Å². The summed E-state index contributed by atoms with van der Waals surface area (Å²) in [6.45, 7) is 3.22. The average Bonchev–Trinajstić information content (AvgIpc) is 3.21. The predicted molar refractivity (Wildman–Crippen MR) is 140 cm³/mol. The molecule has 2 aliphatic rings. The van der Waals surface area contributed by atoms with Gasteiger partial charge in [0.25, 0.3) is 11.7 Å². The van der Waals surface area contributed by atoms with Crippen molar-refractivity contribution in [3.05, 3.63) is 89.0 Å². The highest BCUT2D eigenvalue weighted by Gasteiger charge is 2.47. The fourth-order valence-corrected chi connectivity index (χ4v) is 4.81. The SMILES string of the molecule is CCCOc1cccc(C2/C(=C(/O)c3ccc4c(c3)CCCO4)C(=O)C(=O)N2c2ccc(OC)cc2)c1. The Balaban J connectivity index is 1.66. The average molecular weight is 500 g/mol. The summed E-state index contributed by atoms with van der Waals surface area (Å²) in [4.78, 5) is 28.3. The molecule has 7 heteroatoms. The minimum Gasteiger partial charge on any atom is -0.507 e. The predicted octanol–water partition coefficient (Wildman–Crippen LogP) is 5.44. The molecule has 0 bridgehead atoms. The Morgan fingerprint density at radius 3 is 2.62 bits per heavy atom. The number of carbonyl (C=O) groups is 2. The summed E-state index contributed by atoms with van der Waals surface area (Å²) in [6.07, 6.45) is 2.54. The van der Waals surface area contributed by atoms with Crippen molar-refractivity contribution in [3.8, 4) is 17.2 Å². The number of rotatable bonds is 7. The summed E-state index contributed by atoms with van der Waals surface area (Å²) in [5.41, 5.74) is 2.65. The van der Waals surface area contributed by atoms with Crippen LogP contribution in [-0.4, -0.2) is 37.1 Å². The Kier molecular flexibility index (Phi) is 6.86. The number of aryl methyl sites for hydroxylation is 1. The lowest BCUT2D eigenvalue weighted by Gasteiger charge is -2.26. The molecule has 0 saturated carbocycles. The van der Waals surface area contributed by atoms with E-state index in [1.807, 2.05) is 37.3 Å². The Labute approximate surface area is 215 Å². The van der Waals surface area contributed by atoms with Gasteiger partial charge in [0.1, 0.15) is 23.0 Å². The van der Waals surface area contributed by atoms with E-state index in [0.717, 1.165) is 30.6 Å². The van der Waals surface area contributed by atoms with E-state index in [2.05, 4.69) is 0 Å². The number of benzene rings is 3. The lowest BCUT2D eigenvalue weighted by Crippen LogP contribution is -2.29. The Bertz CT molecular complexity index is 1360. The first kappa shape index (κ1) is 24.4. The number of aliphatic hydroxyl groups is 1. The summed E-state index contributed by atoms with van der Waals surface area (Å²) >= 11 is 0. The normalized spacial score (nSPS) is 18.3. The number of nitrogens with zero attached hydrogens (tertiary/aromatic N) is 1. The van der Waals surface area contributed by atoms with Crippen LogP contribution in [0.2, 0.25) is 0 Å². The molecule has 1 amide bonds. The van der Waals surface area contributed by atoms with Crippen LogP contribution in [0.4, 0.5) is 5.69 Å². The van der Waals surface area contributed by atoms with E-state index in [0.29, 0.717) is 41.5 Å². The molecule has 2 aliphatic heterocycles. The molecule has 1 unspecified atom stereocenters. The van der Waals surface area contributed by atoms with Crippen LogP contribution in [0.1, 0.15) is 42.5 Å². The van der Waals surface area contributed by atoms with Crippen molar-refractivity contribution in [1.29, 1.82) is 0 Å². The number of hydrogen-bond acceptors (Lipinski definition) is 6. The molecule has 0 spiro atoms. The molecule has 3 aromatic carbocycles. The number of carbonyl (C=O) groups excluding carboxylic acids is 2. The topological polar surface area (TPSA) is 85.3 Å². The maximum atomic E-state index is 13.5. The number of Topliss-reactive ketones (excluding diaryl/α,β-unsaturated/α-hetero) is 1. The molecule has 1 atom stereocenters. The highest BCUT2D eigenvalue weighted by Crippen LogP contribution is 2.43. The van der Waals surface area contributed by atoms with Crippen molar-refractivity contribution in [2.45, 2.75) is 32.2 Å². The molecule has 2 heterocycles. The minimum atomic E-state index is -0.842. The van der Waals surface area contributed by atoms with Gasteiger partial charge in [-0.05, 0) is 85.0 Å². The zero-order chi connectivity index (χ0) is 25.9. The Morgan fingerprint density at radius 2 is 1.86 bits per heavy atom. The van der Waals surface area contributed by atoms with Crippen molar-refractivity contribution in [3.63, 3.8) is 0 Å². The van der Waals surface area contributed by atoms with E-state index in [1.165, 1.54) is 4.90 Å². The van der Waals surface area contributed by atoms with Crippen molar-refractivity contribution in [2.24, 2.45) is 0 Å². The lowest BCUT2D eigenvalue weighted by molar-refractivity contribution is -0.132. The van der Waals surface area contributed by atoms with Gasteiger partial charge < -0.3 is 19.3 Å². The molecule has 0 aromatic heterocycles. The second kappa shape index (κ2) is 10.4. The van der Waals surface area contributed by atoms with Crippen LogP contribution in [0.5, 0.6) is 17.2 Å². The summed E-state index contributed by atoms with van der Waals surface area (Å²) < 4.78 is 16.8. The van der Waals surface area contributed by atoms with Crippen LogP contribution in [0.3, 0.4) is 0 Å². The Hall–Kier alpha value is -4.26. The first-order valence-electron chi connectivity index (χ1n) is 12.5. The molecule has 1 fully saturated rings. The summed E-state index contributed by atoms with van der Waals surface area (Å²) in [6, 6.07) is 18.7. The molecule has 3 aromatic rings. The van der Waals surface area contributed by atoms with Crippen LogP contribution in [-0.2, 0) is 16.0 Å². The highest BCUT2D eigenvalue weighted by molar-refractivity contribution is 6.51. The number of methoxy groups -OCH3 is 1. The number of fused-ring (bicyclic) bond motifs is 1. The van der Waals surface area contributed by atoms with E-state index in [4.69, 9.17) is 14.2 Å². The van der Waals surface area contributed by atoms with Gasteiger partial charge >= 0.3 is 0 Å². The van der Waals surface area contributed by atoms with E-state index in [9.17, 15) is 14.7 Å². The smallest absolute Gasteiger partial charge is 0.300 e. The third-order valence-electron chi connectivity index (χ3n) is 6.62. The molecular formula is C30H29NO6. The van der Waals surface area contributed by atoms with Crippen LogP contribution in [0, 0.1) is 0 Å². The van der Waals surface area contributed by atoms with Gasteiger partial charge in [0.05, 0.1) is 31.9 Å². The third-order valence-corrected chi connectivity index (χ3v) is 6.62. The molecule has 5 rings (SSSR count). The third kappa shape index (κ3) is 4.65. The maximum Gasteiger partial charge on any atom is 0.300 e. The van der Waals surface area contributed by atoms with Gasteiger partial charge in [0.15, 0.2) is 0 Å². The van der Waals surface area contributed by atoms with Crippen LogP contribution >= 0.6 is 0 Å². The molecule has 0 radical (unpaired) electrons. The van der Waals surface area contributed by atoms with Crippen LogP contribution in [0.15, 0.2) is 72.3 Å². The van der Waals surface area contributed by atoms with Crippen LogP contribution < -0.4 is 19.1 Å². The van der Waals surface area contributed by atoms with Crippen molar-refractivity contribution < 1.29 is 28.9 Å². The van der Waals surface area contributed by atoms with Crippen LogP contribution in [0.25, 0.3) is 5.76 Å². The van der Waals surface area contributed by atoms with Crippen molar-refractivity contribution in [2.75, 3.05) is 25.2 Å². The fourth-order valence-electron chi connectivity index (χ4n) is 4.81. The monoisotopic (exact) mass is 499 g/mol. The summed E-state index contributed by atoms with van der Waals surface area (Å²) in [5.74, 6) is 0.366. The molecule has 1 N–H and O–H groups in total. The zero-order valence-corrected chi connectivity index (χ0v) is 20.9. The van der Waals surface area contributed by atoms with Crippen molar-refractivity contribution in [1.82, 2.24) is 0 Å². The largest absolute Gasteiger partial charge is 0.507 e. The van der Waals surface area contributed by atoms with E-state index in [1.54, 1.807) is 43.5 Å². The van der Waals surface area contributed by atoms with Gasteiger partial charge in [-0.3, -0.25) is 14.5 Å². The number of aliphatic hydroxyl groups excluding tert-OH is 1. The highest BCUT2D eigenvalue weighted by atomic mass is 16.5. The van der Waals surface area contributed by atoms with E-state index >= 15 is 0 Å². The number of anilines is 1. The molecule has 1 saturated heterocycles. The first-order chi connectivity index (χ1) is 18.0. The second-order valence-corrected chi connectivity index (χ2v) is 9.06. The maximum absolute atomic E-state index is 13.5. The van der Waals surface area contributed by atoms with Gasteiger partial charge in [-0.15, -0.1) is 0 Å². The number of hydrogen-bond donors (Lipinski definition) is 1. The molecular weight excluding hydrogens is 470 g/mol. The molecule has 7 nitrogen and oxygen atoms in total. The number of ether oxygens (including phenoxy) is 3. The zero-order valence-electron chi connectivity index (χ0n) is 20.9. The van der Waals surface area contributed by atoms with E-state index < -0.39 is 17.7 Å². The number of amides is 1. The molecule has 37 heavy (non-hydrogen) atoms. The van der Waals surface area contributed by atoms with Gasteiger partial charge in [-0.25, -0.2) is 0 Å². The lowest BCUT2D eigenvalue weighted by atomic mass is 9.93. The van der Waals surface area contributed by atoms with Crippen molar-refractivity contribution >= 4 is 23.1 Å². The standard InChI is InChI=1S/C30H29NO6/c1-3-15-36-24-8-4-6-20(18-24)27-26(28(32)21-9-14-25-19(17-21)7-5-16-37-25)29(33)30(34)31(27)22-10-12-23(35-2)13-11-22/h4,6,8-14,17-18,27,32H,3,5,7,15-16H2,1-2H3/b28-26-. The first-order valence-corrected chi connectivity index (χ1v) is 12.5. The second-order valence-electron chi connectivity index (χ2n) is 9.06. The Morgan fingerprint density at radius 1 is 1.05 bits per heavy atom. The van der Waals surface area contributed by atoms with Gasteiger partial charge in [-0.2, -0.15) is 0 Å². The fraction of sp³-hybridized carbons (Fsp3) is 0.267.